The summed E-state index contributed by atoms with van der Waals surface area (Å²) in [5, 5.41) is 2.86. The summed E-state index contributed by atoms with van der Waals surface area (Å²) < 4.78 is 34.0. The third-order valence-corrected chi connectivity index (χ3v) is 8.58. The molecule has 2 aliphatic heterocycles. The number of urea groups is 1. The number of rotatable bonds is 4. The van der Waals surface area contributed by atoms with Gasteiger partial charge in [0.1, 0.15) is 5.52 Å². The van der Waals surface area contributed by atoms with Crippen molar-refractivity contribution < 1.29 is 17.6 Å². The van der Waals surface area contributed by atoms with Gasteiger partial charge in [0.2, 0.25) is 10.0 Å². The maximum atomic E-state index is 13.4. The Morgan fingerprint density at radius 1 is 1.12 bits per heavy atom. The molecule has 1 N–H and O–H groups in total. The first kappa shape index (κ1) is 21.0. The highest BCUT2D eigenvalue weighted by Gasteiger charge is 2.33. The second kappa shape index (κ2) is 8.22. The van der Waals surface area contributed by atoms with Gasteiger partial charge < -0.3 is 14.6 Å². The highest BCUT2D eigenvalue weighted by molar-refractivity contribution is 7.89. The van der Waals surface area contributed by atoms with Gasteiger partial charge in [-0.1, -0.05) is 6.07 Å². The molecule has 0 saturated carbocycles. The molecule has 0 aliphatic carbocycles. The zero-order chi connectivity index (χ0) is 22.3. The molecule has 9 heteroatoms. The Labute approximate surface area is 187 Å². The van der Waals surface area contributed by atoms with Crippen LogP contribution in [-0.4, -0.2) is 54.8 Å². The number of carbonyl (C=O) groups is 1. The minimum absolute atomic E-state index is 0.185. The van der Waals surface area contributed by atoms with Crippen LogP contribution >= 0.6 is 0 Å². The fourth-order valence-corrected chi connectivity index (χ4v) is 6.18. The molecule has 3 aromatic rings. The van der Waals surface area contributed by atoms with Crippen LogP contribution in [0.25, 0.3) is 11.1 Å². The van der Waals surface area contributed by atoms with E-state index in [1.165, 1.54) is 0 Å². The zero-order valence-electron chi connectivity index (χ0n) is 18.0. The number of nitrogens with one attached hydrogen (secondary N) is 1. The molecule has 0 atom stereocenters. The van der Waals surface area contributed by atoms with E-state index in [2.05, 4.69) is 10.3 Å². The Kier molecular flexibility index (Phi) is 5.38. The molecule has 2 aliphatic rings. The highest BCUT2D eigenvalue weighted by atomic mass is 32.2. The van der Waals surface area contributed by atoms with Crippen molar-refractivity contribution in [1.82, 2.24) is 14.2 Å². The van der Waals surface area contributed by atoms with Gasteiger partial charge in [-0.25, -0.2) is 13.2 Å². The number of likely N-dealkylation sites (tertiary alicyclic amines) is 1. The number of amides is 2. The molecule has 8 nitrogen and oxygen atoms in total. The van der Waals surface area contributed by atoms with Crippen LogP contribution in [-0.2, 0) is 10.0 Å². The Bertz CT molecular complexity index is 1260. The molecular formula is C23H26N4O4S. The maximum absolute atomic E-state index is 13.4. The number of benzene rings is 1. The van der Waals surface area contributed by atoms with E-state index in [0.29, 0.717) is 37.2 Å². The standard InChI is InChI=1S/C23H26N4O4S/c1-16-19(25-23(28)26-11-4-12-26)5-2-7-21(16)32(29,30)27-13-8-17(9-14-27)18-15-31-20-6-3-10-24-22(18)20/h2-3,5-7,10,15,17H,4,8-9,11-14H2,1H3,(H,25,28). The molecule has 2 fully saturated rings. The lowest BCUT2D eigenvalue weighted by Crippen LogP contribution is -2.44. The summed E-state index contributed by atoms with van der Waals surface area (Å²) in [5.74, 6) is 0.209. The number of nitrogens with zero attached hydrogens (tertiary/aromatic N) is 3. The number of piperidine rings is 1. The molecule has 0 unspecified atom stereocenters. The zero-order valence-corrected chi connectivity index (χ0v) is 18.8. The van der Waals surface area contributed by atoms with Gasteiger partial charge in [0, 0.05) is 43.6 Å². The van der Waals surface area contributed by atoms with E-state index in [1.54, 1.807) is 46.8 Å². The number of furan rings is 1. The number of fused-ring (bicyclic) bond motifs is 1. The molecule has 0 bridgehead atoms. The van der Waals surface area contributed by atoms with E-state index >= 15 is 0 Å². The van der Waals surface area contributed by atoms with Crippen molar-refractivity contribution >= 4 is 32.8 Å². The summed E-state index contributed by atoms with van der Waals surface area (Å²) >= 11 is 0. The van der Waals surface area contributed by atoms with E-state index < -0.39 is 10.0 Å². The first-order chi connectivity index (χ1) is 15.4. The molecule has 2 amide bonds. The van der Waals surface area contributed by atoms with Crippen LogP contribution in [0.5, 0.6) is 0 Å². The average Bonchev–Trinajstić information content (AvgIpc) is 3.18. The number of pyridine rings is 1. The maximum Gasteiger partial charge on any atom is 0.321 e. The van der Waals surface area contributed by atoms with E-state index in [9.17, 15) is 13.2 Å². The SMILES string of the molecule is Cc1c(NC(=O)N2CCC2)cccc1S(=O)(=O)N1CCC(c2coc3cccnc23)CC1. The summed E-state index contributed by atoms with van der Waals surface area (Å²) in [4.78, 5) is 18.7. The first-order valence-electron chi connectivity index (χ1n) is 10.9. The monoisotopic (exact) mass is 454 g/mol. The lowest BCUT2D eigenvalue weighted by atomic mass is 9.91. The predicted octanol–water partition coefficient (Wildman–Crippen LogP) is 3.94. The van der Waals surface area contributed by atoms with Gasteiger partial charge in [0.05, 0.1) is 11.2 Å². The molecule has 5 rings (SSSR count). The third-order valence-electron chi connectivity index (χ3n) is 6.54. The van der Waals surface area contributed by atoms with Gasteiger partial charge in [-0.2, -0.15) is 4.31 Å². The van der Waals surface area contributed by atoms with Gasteiger partial charge >= 0.3 is 6.03 Å². The van der Waals surface area contributed by atoms with E-state index in [4.69, 9.17) is 4.42 Å². The van der Waals surface area contributed by atoms with Crippen molar-refractivity contribution in [2.75, 3.05) is 31.5 Å². The minimum atomic E-state index is -3.67. The largest absolute Gasteiger partial charge is 0.462 e. The minimum Gasteiger partial charge on any atom is -0.462 e. The van der Waals surface area contributed by atoms with Crippen LogP contribution in [0.15, 0.2) is 52.1 Å². The molecule has 0 radical (unpaired) electrons. The second-order valence-electron chi connectivity index (χ2n) is 8.42. The van der Waals surface area contributed by atoms with Crippen molar-refractivity contribution in [3.8, 4) is 0 Å². The van der Waals surface area contributed by atoms with Crippen LogP contribution < -0.4 is 5.32 Å². The normalized spacial score (nSPS) is 18.0. The number of hydrogen-bond donors (Lipinski definition) is 1. The quantitative estimate of drug-likeness (QED) is 0.644. The molecule has 1 aromatic carbocycles. The van der Waals surface area contributed by atoms with Gasteiger partial charge in [-0.3, -0.25) is 4.98 Å². The van der Waals surface area contributed by atoms with Gasteiger partial charge in [-0.15, -0.1) is 0 Å². The Morgan fingerprint density at radius 3 is 2.62 bits per heavy atom. The third kappa shape index (κ3) is 3.65. The Balaban J connectivity index is 1.32. The van der Waals surface area contributed by atoms with Crippen molar-refractivity contribution in [2.45, 2.75) is 37.0 Å². The summed E-state index contributed by atoms with van der Waals surface area (Å²) in [5.41, 5.74) is 3.76. The Hall–Kier alpha value is -2.91. The number of carbonyl (C=O) groups excluding carboxylic acids is 1. The van der Waals surface area contributed by atoms with Gasteiger partial charge in [0.25, 0.3) is 0 Å². The van der Waals surface area contributed by atoms with Crippen LogP contribution in [0.2, 0.25) is 0 Å². The summed E-state index contributed by atoms with van der Waals surface area (Å²) in [6.07, 6.45) is 5.91. The number of anilines is 1. The average molecular weight is 455 g/mol. The van der Waals surface area contributed by atoms with Crippen molar-refractivity contribution in [1.29, 1.82) is 0 Å². The van der Waals surface area contributed by atoms with Crippen LogP contribution in [0.4, 0.5) is 10.5 Å². The number of aromatic nitrogens is 1. The fraction of sp³-hybridized carbons (Fsp3) is 0.391. The topological polar surface area (TPSA) is 95.8 Å². The predicted molar refractivity (Wildman–Crippen MR) is 121 cm³/mol. The summed E-state index contributed by atoms with van der Waals surface area (Å²) in [7, 11) is -3.67. The lowest BCUT2D eigenvalue weighted by molar-refractivity contribution is 0.181. The molecule has 32 heavy (non-hydrogen) atoms. The second-order valence-corrected chi connectivity index (χ2v) is 10.3. The van der Waals surface area contributed by atoms with Crippen molar-refractivity contribution in [2.24, 2.45) is 0 Å². The molecular weight excluding hydrogens is 428 g/mol. The molecule has 2 aromatic heterocycles. The first-order valence-corrected chi connectivity index (χ1v) is 12.4. The Morgan fingerprint density at radius 2 is 1.91 bits per heavy atom. The fourth-order valence-electron chi connectivity index (χ4n) is 4.46. The van der Waals surface area contributed by atoms with E-state index in [-0.39, 0.29) is 16.8 Å². The van der Waals surface area contributed by atoms with Crippen LogP contribution in [0.1, 0.15) is 36.3 Å². The van der Waals surface area contributed by atoms with Crippen LogP contribution in [0.3, 0.4) is 0 Å². The lowest BCUT2D eigenvalue weighted by Gasteiger charge is -2.32. The molecule has 168 valence electrons. The van der Waals surface area contributed by atoms with E-state index in [1.807, 2.05) is 12.1 Å². The molecule has 0 spiro atoms. The number of sulfonamides is 1. The smallest absolute Gasteiger partial charge is 0.321 e. The van der Waals surface area contributed by atoms with Gasteiger partial charge in [-0.05, 0) is 61.9 Å². The molecule has 2 saturated heterocycles. The van der Waals surface area contributed by atoms with Crippen molar-refractivity contribution in [3.63, 3.8) is 0 Å². The summed E-state index contributed by atoms with van der Waals surface area (Å²) in [6.45, 7) is 4.07. The molecule has 4 heterocycles. The summed E-state index contributed by atoms with van der Waals surface area (Å²) in [6, 6.07) is 8.59. The van der Waals surface area contributed by atoms with Gasteiger partial charge in [0.15, 0.2) is 5.58 Å². The highest BCUT2D eigenvalue weighted by Crippen LogP contribution is 2.35. The van der Waals surface area contributed by atoms with Crippen molar-refractivity contribution in [3.05, 3.63) is 53.9 Å². The van der Waals surface area contributed by atoms with E-state index in [0.717, 1.165) is 36.2 Å². The number of hydrogen-bond acceptors (Lipinski definition) is 5. The van der Waals surface area contributed by atoms with Crippen LogP contribution in [0, 0.1) is 6.92 Å².